The summed E-state index contributed by atoms with van der Waals surface area (Å²) < 4.78 is 10.3. The van der Waals surface area contributed by atoms with E-state index in [2.05, 4.69) is 21.2 Å². The van der Waals surface area contributed by atoms with Gasteiger partial charge < -0.3 is 14.5 Å². The van der Waals surface area contributed by atoms with Gasteiger partial charge in [-0.15, -0.1) is 0 Å². The summed E-state index contributed by atoms with van der Waals surface area (Å²) in [6.07, 6.45) is 0.542. The van der Waals surface area contributed by atoms with E-state index in [9.17, 15) is 9.59 Å². The lowest BCUT2D eigenvalue weighted by atomic mass is 10.1. The Hall–Kier alpha value is -1.50. The highest BCUT2D eigenvalue weighted by molar-refractivity contribution is 9.10. The zero-order valence-corrected chi connectivity index (χ0v) is 14.9. The monoisotopic (exact) mass is 419 g/mol. The van der Waals surface area contributed by atoms with Crippen LogP contribution in [0, 0.1) is 0 Å². The minimum Gasteiger partial charge on any atom is -0.450 e. The highest BCUT2D eigenvalue weighted by atomic mass is 79.9. The normalized spacial score (nSPS) is 10.4. The molecule has 2 aromatic rings. The standard InChI is InChI=1S/C15H12BrCl2NO4/c16-13-4-3-12(23-13)15(21)22-8-14(20)19-6-5-9-1-2-10(17)7-11(9)18/h1-4,7H,5-6,8H2,(H,19,20). The molecule has 0 aliphatic rings. The van der Waals surface area contributed by atoms with Crippen molar-refractivity contribution >= 4 is 51.0 Å². The maximum absolute atomic E-state index is 11.6. The van der Waals surface area contributed by atoms with E-state index in [4.69, 9.17) is 32.4 Å². The molecule has 2 rings (SSSR count). The van der Waals surface area contributed by atoms with Gasteiger partial charge in [-0.25, -0.2) is 4.79 Å². The average Bonchev–Trinajstić information content (AvgIpc) is 2.93. The number of esters is 1. The molecular weight excluding hydrogens is 409 g/mol. The van der Waals surface area contributed by atoms with Gasteiger partial charge in [0, 0.05) is 16.6 Å². The van der Waals surface area contributed by atoms with Crippen LogP contribution < -0.4 is 5.32 Å². The number of hydrogen-bond acceptors (Lipinski definition) is 4. The van der Waals surface area contributed by atoms with Crippen molar-refractivity contribution in [1.82, 2.24) is 5.32 Å². The first-order valence-corrected chi connectivity index (χ1v) is 8.13. The second-order valence-corrected chi connectivity index (χ2v) is 6.14. The van der Waals surface area contributed by atoms with Crippen molar-refractivity contribution in [2.24, 2.45) is 0 Å². The first-order valence-electron chi connectivity index (χ1n) is 6.59. The summed E-state index contributed by atoms with van der Waals surface area (Å²) in [5.74, 6) is -1.08. The fraction of sp³-hybridized carbons (Fsp3) is 0.200. The molecule has 1 amide bonds. The maximum Gasteiger partial charge on any atom is 0.374 e. The smallest absolute Gasteiger partial charge is 0.374 e. The number of furan rings is 1. The van der Waals surface area contributed by atoms with Gasteiger partial charge in [0.15, 0.2) is 11.3 Å². The molecule has 0 saturated heterocycles. The number of amides is 1. The topological polar surface area (TPSA) is 68.5 Å². The minimum absolute atomic E-state index is 0.0256. The van der Waals surface area contributed by atoms with Crippen LogP contribution >= 0.6 is 39.1 Å². The largest absolute Gasteiger partial charge is 0.450 e. The number of halogens is 3. The van der Waals surface area contributed by atoms with Crippen LogP contribution in [0.4, 0.5) is 0 Å². The molecule has 23 heavy (non-hydrogen) atoms. The second kappa shape index (κ2) is 8.38. The molecule has 1 aromatic carbocycles. The Morgan fingerprint density at radius 3 is 2.65 bits per heavy atom. The predicted molar refractivity (Wildman–Crippen MR) is 89.9 cm³/mol. The zero-order valence-electron chi connectivity index (χ0n) is 11.8. The van der Waals surface area contributed by atoms with E-state index in [-0.39, 0.29) is 12.4 Å². The number of carbonyl (C=O) groups excluding carboxylic acids is 2. The molecule has 122 valence electrons. The molecule has 0 fully saturated rings. The van der Waals surface area contributed by atoms with Crippen LogP contribution in [0.1, 0.15) is 16.1 Å². The highest BCUT2D eigenvalue weighted by Crippen LogP contribution is 2.21. The number of ether oxygens (including phenoxy) is 1. The fourth-order valence-corrected chi connectivity index (χ4v) is 2.55. The van der Waals surface area contributed by atoms with Gasteiger partial charge in [0.05, 0.1) is 0 Å². The Morgan fingerprint density at radius 1 is 1.22 bits per heavy atom. The third kappa shape index (κ3) is 5.57. The van der Waals surface area contributed by atoms with Crippen molar-refractivity contribution in [1.29, 1.82) is 0 Å². The van der Waals surface area contributed by atoms with Crippen LogP contribution in [0.5, 0.6) is 0 Å². The van der Waals surface area contributed by atoms with Crippen LogP contribution in [0.3, 0.4) is 0 Å². The van der Waals surface area contributed by atoms with E-state index in [1.54, 1.807) is 24.3 Å². The zero-order chi connectivity index (χ0) is 16.8. The Morgan fingerprint density at radius 2 is 2.00 bits per heavy atom. The lowest BCUT2D eigenvalue weighted by Gasteiger charge is -2.07. The second-order valence-electron chi connectivity index (χ2n) is 4.52. The number of nitrogens with one attached hydrogen (secondary N) is 1. The van der Waals surface area contributed by atoms with Crippen molar-refractivity contribution in [2.45, 2.75) is 6.42 Å². The molecule has 0 bridgehead atoms. The number of benzene rings is 1. The van der Waals surface area contributed by atoms with Gasteiger partial charge in [-0.1, -0.05) is 29.3 Å². The van der Waals surface area contributed by atoms with Crippen molar-refractivity contribution < 1.29 is 18.7 Å². The van der Waals surface area contributed by atoms with Gasteiger partial charge in [0.2, 0.25) is 5.76 Å². The summed E-state index contributed by atoms with van der Waals surface area (Å²) >= 11 is 14.9. The van der Waals surface area contributed by atoms with Crippen LogP contribution in [-0.2, 0) is 16.0 Å². The molecular formula is C15H12BrCl2NO4. The van der Waals surface area contributed by atoms with Crippen molar-refractivity contribution in [3.8, 4) is 0 Å². The molecule has 5 nitrogen and oxygen atoms in total. The molecule has 1 heterocycles. The Kier molecular flexibility index (Phi) is 6.50. The number of hydrogen-bond donors (Lipinski definition) is 1. The summed E-state index contributed by atoms with van der Waals surface area (Å²) in [6, 6.07) is 8.18. The SMILES string of the molecule is O=C(COC(=O)c1ccc(Br)o1)NCCc1ccc(Cl)cc1Cl. The lowest BCUT2D eigenvalue weighted by Crippen LogP contribution is -2.30. The van der Waals surface area contributed by atoms with E-state index < -0.39 is 11.9 Å². The third-order valence-electron chi connectivity index (χ3n) is 2.84. The number of carbonyl (C=O) groups is 2. The van der Waals surface area contributed by atoms with Gasteiger partial charge >= 0.3 is 5.97 Å². The Labute approximate surface area is 151 Å². The highest BCUT2D eigenvalue weighted by Gasteiger charge is 2.13. The lowest BCUT2D eigenvalue weighted by molar-refractivity contribution is -0.124. The molecule has 0 aliphatic carbocycles. The molecule has 0 radical (unpaired) electrons. The maximum atomic E-state index is 11.6. The summed E-state index contributed by atoms with van der Waals surface area (Å²) in [6.45, 7) is -0.0183. The summed E-state index contributed by atoms with van der Waals surface area (Å²) in [5.41, 5.74) is 0.869. The average molecular weight is 421 g/mol. The Bertz CT molecular complexity index is 717. The summed E-state index contributed by atoms with van der Waals surface area (Å²) in [5, 5.41) is 3.74. The van der Waals surface area contributed by atoms with E-state index in [0.717, 1.165) is 5.56 Å². The predicted octanol–water partition coefficient (Wildman–Crippen LogP) is 3.86. The van der Waals surface area contributed by atoms with Gasteiger partial charge in [0.25, 0.3) is 5.91 Å². The van der Waals surface area contributed by atoms with Crippen LogP contribution in [0.25, 0.3) is 0 Å². The first kappa shape index (κ1) is 17.8. The van der Waals surface area contributed by atoms with Gasteiger partial charge in [-0.2, -0.15) is 0 Å². The van der Waals surface area contributed by atoms with Crippen molar-refractivity contribution in [3.05, 3.63) is 56.4 Å². The van der Waals surface area contributed by atoms with E-state index in [1.807, 2.05) is 0 Å². The summed E-state index contributed by atoms with van der Waals surface area (Å²) in [7, 11) is 0. The van der Waals surface area contributed by atoms with Crippen LogP contribution in [0.15, 0.2) is 39.4 Å². The molecule has 0 atom stereocenters. The van der Waals surface area contributed by atoms with E-state index in [1.165, 1.54) is 6.07 Å². The molecule has 1 aromatic heterocycles. The molecule has 0 aliphatic heterocycles. The molecule has 0 saturated carbocycles. The first-order chi connectivity index (χ1) is 11.0. The van der Waals surface area contributed by atoms with Gasteiger partial charge in [-0.3, -0.25) is 4.79 Å². The van der Waals surface area contributed by atoms with Crippen LogP contribution in [0.2, 0.25) is 10.0 Å². The summed E-state index contributed by atoms with van der Waals surface area (Å²) in [4.78, 5) is 23.2. The van der Waals surface area contributed by atoms with Crippen molar-refractivity contribution in [3.63, 3.8) is 0 Å². The Balaban J connectivity index is 1.72. The van der Waals surface area contributed by atoms with Gasteiger partial charge in [-0.05, 0) is 52.2 Å². The molecule has 1 N–H and O–H groups in total. The number of rotatable bonds is 6. The quantitative estimate of drug-likeness (QED) is 0.720. The van der Waals surface area contributed by atoms with E-state index >= 15 is 0 Å². The van der Waals surface area contributed by atoms with Gasteiger partial charge in [0.1, 0.15) is 0 Å². The minimum atomic E-state index is -0.702. The molecule has 0 spiro atoms. The molecule has 8 heteroatoms. The molecule has 0 unspecified atom stereocenters. The van der Waals surface area contributed by atoms with Crippen molar-refractivity contribution in [2.75, 3.05) is 13.2 Å². The van der Waals surface area contributed by atoms with E-state index in [0.29, 0.717) is 27.7 Å². The van der Waals surface area contributed by atoms with Crippen LogP contribution in [-0.4, -0.2) is 25.0 Å². The fourth-order valence-electron chi connectivity index (χ4n) is 1.74. The third-order valence-corrected chi connectivity index (χ3v) is 3.85.